The van der Waals surface area contributed by atoms with Crippen molar-refractivity contribution in [3.63, 3.8) is 0 Å². The van der Waals surface area contributed by atoms with Crippen molar-refractivity contribution in [1.82, 2.24) is 4.90 Å². The number of hydrogen-bond acceptors (Lipinski definition) is 2. The molecule has 0 aliphatic carbocycles. The van der Waals surface area contributed by atoms with E-state index in [2.05, 4.69) is 0 Å². The van der Waals surface area contributed by atoms with Gasteiger partial charge in [-0.2, -0.15) is 0 Å². The Bertz CT molecular complexity index is 738. The van der Waals surface area contributed by atoms with Gasteiger partial charge < -0.3 is 4.74 Å². The Morgan fingerprint density at radius 2 is 1.74 bits per heavy atom. The molecule has 2 rings (SSSR count). The summed E-state index contributed by atoms with van der Waals surface area (Å²) in [5.74, 6) is -0.715. The van der Waals surface area contributed by atoms with E-state index in [4.69, 9.17) is 10.2 Å². The summed E-state index contributed by atoms with van der Waals surface area (Å²) in [5, 5.41) is 0. The molecule has 1 aromatic rings. The van der Waals surface area contributed by atoms with E-state index in [-0.39, 0.29) is 30.7 Å². The Morgan fingerprint density at radius 3 is 2.22 bits per heavy atom. The lowest BCUT2D eigenvalue weighted by molar-refractivity contribution is -0.182. The minimum atomic E-state index is -2.23. The van der Waals surface area contributed by atoms with Crippen LogP contribution in [-0.2, 0) is 16.6 Å². The largest absolute Gasteiger partial charge is 0.367 e. The highest BCUT2D eigenvalue weighted by atomic mass is 19.1. The number of rotatable bonds is 2. The summed E-state index contributed by atoms with van der Waals surface area (Å²) >= 11 is 0. The van der Waals surface area contributed by atoms with Crippen molar-refractivity contribution in [3.8, 4) is 0 Å². The smallest absolute Gasteiger partial charge is 0.131 e. The molecule has 2 nitrogen and oxygen atoms in total. The van der Waals surface area contributed by atoms with Gasteiger partial charge in [0.15, 0.2) is 0 Å². The summed E-state index contributed by atoms with van der Waals surface area (Å²) in [7, 11) is 0. The predicted molar refractivity (Wildman–Crippen MR) is 94.4 cm³/mol. The van der Waals surface area contributed by atoms with Gasteiger partial charge in [-0.25, -0.2) is 4.39 Å². The maximum atomic E-state index is 15.6. The maximum Gasteiger partial charge on any atom is 0.131 e. The third-order valence-electron chi connectivity index (χ3n) is 3.90. The Kier molecular flexibility index (Phi) is 3.40. The second kappa shape index (κ2) is 5.86. The lowest BCUT2D eigenvalue weighted by Crippen LogP contribution is -2.56. The molecule has 0 atom stereocenters. The summed E-state index contributed by atoms with van der Waals surface area (Å²) in [4.78, 5) is 1.54. The van der Waals surface area contributed by atoms with Crippen LogP contribution in [0.1, 0.15) is 70.6 Å². The molecule has 0 amide bonds. The van der Waals surface area contributed by atoms with Crippen molar-refractivity contribution < 1.29 is 14.6 Å². The molecular formula is C20H32FNO. The molecule has 0 bridgehead atoms. The second-order valence-electron chi connectivity index (χ2n) is 8.78. The molecule has 0 N–H and O–H groups in total. The molecule has 1 saturated heterocycles. The number of ether oxygens (including phenoxy) is 1. The SMILES string of the molecule is [2H]c1c([2H])c(C([2H])([2H])N2CC(C)(C)OC(C)(C)C2)c(F)c(C(C)(C)C)c1C. The van der Waals surface area contributed by atoms with E-state index in [1.54, 1.807) is 6.92 Å². The summed E-state index contributed by atoms with van der Waals surface area (Å²) in [6.45, 7) is 12.9. The molecule has 0 spiro atoms. The van der Waals surface area contributed by atoms with Crippen LogP contribution >= 0.6 is 0 Å². The van der Waals surface area contributed by atoms with Crippen LogP contribution in [0.25, 0.3) is 0 Å². The van der Waals surface area contributed by atoms with E-state index in [0.29, 0.717) is 11.1 Å². The van der Waals surface area contributed by atoms with Gasteiger partial charge in [0.25, 0.3) is 0 Å². The topological polar surface area (TPSA) is 12.5 Å². The first-order chi connectivity index (χ1) is 11.9. The minimum Gasteiger partial charge on any atom is -0.367 e. The normalized spacial score (nSPS) is 24.6. The molecule has 1 heterocycles. The molecule has 0 aromatic heterocycles. The van der Waals surface area contributed by atoms with E-state index >= 15 is 4.39 Å². The zero-order valence-electron chi connectivity index (χ0n) is 19.6. The van der Waals surface area contributed by atoms with Crippen molar-refractivity contribution in [2.75, 3.05) is 13.1 Å². The highest BCUT2D eigenvalue weighted by molar-refractivity contribution is 5.37. The minimum absolute atomic E-state index is 0.119. The van der Waals surface area contributed by atoms with Crippen molar-refractivity contribution in [1.29, 1.82) is 0 Å². The van der Waals surface area contributed by atoms with Crippen molar-refractivity contribution in [2.45, 2.75) is 78.5 Å². The number of nitrogens with zero attached hydrogens (tertiary/aromatic N) is 1. The molecule has 23 heavy (non-hydrogen) atoms. The van der Waals surface area contributed by atoms with Crippen molar-refractivity contribution in [3.05, 3.63) is 34.6 Å². The molecule has 3 heteroatoms. The monoisotopic (exact) mass is 325 g/mol. The van der Waals surface area contributed by atoms with E-state index in [0.717, 1.165) is 0 Å². The molecular weight excluding hydrogens is 289 g/mol. The highest BCUT2D eigenvalue weighted by Crippen LogP contribution is 2.33. The number of morpholine rings is 1. The molecule has 0 unspecified atom stereocenters. The maximum absolute atomic E-state index is 15.6. The van der Waals surface area contributed by atoms with E-state index in [9.17, 15) is 0 Å². The zero-order valence-corrected chi connectivity index (χ0v) is 15.6. The average Bonchev–Trinajstić information content (AvgIpc) is 2.39. The molecule has 1 aliphatic rings. The first-order valence-electron chi connectivity index (χ1n) is 10.2. The van der Waals surface area contributed by atoms with Gasteiger partial charge >= 0.3 is 0 Å². The van der Waals surface area contributed by atoms with Crippen LogP contribution in [0.2, 0.25) is 0 Å². The van der Waals surface area contributed by atoms with Crippen molar-refractivity contribution in [2.24, 2.45) is 0 Å². The Morgan fingerprint density at radius 1 is 1.22 bits per heavy atom. The van der Waals surface area contributed by atoms with Gasteiger partial charge in [-0.3, -0.25) is 4.90 Å². The first kappa shape index (κ1) is 13.4. The number of hydrogen-bond donors (Lipinski definition) is 0. The lowest BCUT2D eigenvalue weighted by atomic mass is 9.82. The highest BCUT2D eigenvalue weighted by Gasteiger charge is 2.38. The van der Waals surface area contributed by atoms with Crippen LogP contribution in [0.3, 0.4) is 0 Å². The summed E-state index contributed by atoms with van der Waals surface area (Å²) in [5.41, 5.74) is -1.49. The van der Waals surface area contributed by atoms with Crippen molar-refractivity contribution >= 4 is 0 Å². The van der Waals surface area contributed by atoms with Gasteiger partial charge in [0, 0.05) is 27.9 Å². The fraction of sp³-hybridized carbons (Fsp3) is 0.700. The molecule has 130 valence electrons. The van der Waals surface area contributed by atoms with Gasteiger partial charge in [0.05, 0.1) is 13.9 Å². The van der Waals surface area contributed by atoms with Gasteiger partial charge in [-0.1, -0.05) is 32.9 Å². The molecule has 0 saturated carbocycles. The average molecular weight is 326 g/mol. The molecule has 1 aliphatic heterocycles. The van der Waals surface area contributed by atoms with Crippen LogP contribution in [-0.4, -0.2) is 29.2 Å². The van der Waals surface area contributed by atoms with Gasteiger partial charge in [-0.05, 0) is 51.2 Å². The van der Waals surface area contributed by atoms with Gasteiger partial charge in [-0.15, -0.1) is 0 Å². The summed E-state index contributed by atoms with van der Waals surface area (Å²) in [6, 6.07) is -0.503. The Hall–Kier alpha value is -0.930. The molecule has 1 aromatic carbocycles. The fourth-order valence-corrected chi connectivity index (χ4v) is 3.56. The van der Waals surface area contributed by atoms with E-state index in [1.807, 2.05) is 48.5 Å². The van der Waals surface area contributed by atoms with Crippen LogP contribution in [0, 0.1) is 12.7 Å². The van der Waals surface area contributed by atoms with E-state index in [1.165, 1.54) is 4.90 Å². The predicted octanol–water partition coefficient (Wildman–Crippen LogP) is 4.82. The Balaban J connectivity index is 2.71. The van der Waals surface area contributed by atoms with Crippen LogP contribution in [0.15, 0.2) is 12.1 Å². The van der Waals surface area contributed by atoms with Gasteiger partial charge in [0.2, 0.25) is 0 Å². The van der Waals surface area contributed by atoms with Crippen LogP contribution < -0.4 is 0 Å². The Labute approximate surface area is 146 Å². The quantitative estimate of drug-likeness (QED) is 0.773. The third-order valence-corrected chi connectivity index (χ3v) is 3.90. The molecule has 0 radical (unpaired) electrons. The lowest BCUT2D eigenvalue weighted by Gasteiger charge is -2.47. The number of halogens is 1. The summed E-state index contributed by atoms with van der Waals surface area (Å²) < 4.78 is 55.8. The van der Waals surface area contributed by atoms with E-state index < -0.39 is 28.9 Å². The van der Waals surface area contributed by atoms with Gasteiger partial charge in [0.1, 0.15) is 5.82 Å². The van der Waals surface area contributed by atoms with Crippen LogP contribution in [0.5, 0.6) is 0 Å². The number of benzene rings is 1. The van der Waals surface area contributed by atoms with Crippen LogP contribution in [0.4, 0.5) is 4.39 Å². The zero-order chi connectivity index (χ0) is 21.2. The molecule has 1 fully saturated rings. The first-order valence-corrected chi connectivity index (χ1v) is 8.16. The standard InChI is InChI=1S/C20H32FNO/c1-14-9-10-15(17(21)16(14)18(2,3)4)11-22-12-19(5,6)23-20(7,8)13-22/h9-10H,11-13H2,1-8H3/i9D,10D,11D2. The fourth-order valence-electron chi connectivity index (χ4n) is 3.56. The summed E-state index contributed by atoms with van der Waals surface area (Å²) in [6.07, 6.45) is 0. The second-order valence-corrected chi connectivity index (χ2v) is 8.78. The third kappa shape index (κ3) is 4.33.